The predicted octanol–water partition coefficient (Wildman–Crippen LogP) is 2.20. The fraction of sp³-hybridized carbons (Fsp3) is 0.786. The lowest BCUT2D eigenvalue weighted by Crippen LogP contribution is -2.44. The van der Waals surface area contributed by atoms with Crippen LogP contribution in [0.4, 0.5) is 4.79 Å². The first-order valence-corrected chi connectivity index (χ1v) is 6.90. The van der Waals surface area contributed by atoms with Gasteiger partial charge in [-0.2, -0.15) is 0 Å². The first kappa shape index (κ1) is 18.4. The molecule has 0 aliphatic rings. The molecule has 6 heteroatoms. The molecule has 0 aromatic rings. The van der Waals surface area contributed by atoms with Crippen LogP contribution in [0.1, 0.15) is 53.4 Å². The van der Waals surface area contributed by atoms with Crippen LogP contribution in [0.3, 0.4) is 0 Å². The van der Waals surface area contributed by atoms with Crippen LogP contribution in [0.5, 0.6) is 0 Å². The number of hydrogen-bond acceptors (Lipinski definition) is 5. The molecule has 0 unspecified atom stereocenters. The summed E-state index contributed by atoms with van der Waals surface area (Å²) in [6.07, 6.45) is 2.05. The molecule has 1 atom stereocenters. The molecular weight excluding hydrogens is 262 g/mol. The summed E-state index contributed by atoms with van der Waals surface area (Å²) >= 11 is 0. The SMILES string of the molecule is CCCCOC(=O)[C@H](CCC=O)NC(=O)OC(C)(C)C. The molecule has 0 heterocycles. The summed E-state index contributed by atoms with van der Waals surface area (Å²) in [6, 6.07) is -0.855. The van der Waals surface area contributed by atoms with Gasteiger partial charge in [0, 0.05) is 6.42 Å². The van der Waals surface area contributed by atoms with Gasteiger partial charge in [-0.05, 0) is 33.6 Å². The largest absolute Gasteiger partial charge is 0.464 e. The van der Waals surface area contributed by atoms with Gasteiger partial charge in [-0.15, -0.1) is 0 Å². The summed E-state index contributed by atoms with van der Waals surface area (Å²) in [4.78, 5) is 33.9. The molecule has 0 rings (SSSR count). The van der Waals surface area contributed by atoms with Crippen molar-refractivity contribution in [1.82, 2.24) is 5.32 Å². The summed E-state index contributed by atoms with van der Waals surface area (Å²) in [5.74, 6) is -0.536. The lowest BCUT2D eigenvalue weighted by molar-refractivity contribution is -0.146. The summed E-state index contributed by atoms with van der Waals surface area (Å²) in [7, 11) is 0. The van der Waals surface area contributed by atoms with E-state index in [1.807, 2.05) is 6.92 Å². The average Bonchev–Trinajstić information content (AvgIpc) is 2.32. The molecule has 0 bridgehead atoms. The van der Waals surface area contributed by atoms with E-state index < -0.39 is 23.7 Å². The minimum atomic E-state index is -0.855. The van der Waals surface area contributed by atoms with Crippen molar-refractivity contribution in [2.24, 2.45) is 0 Å². The average molecular weight is 287 g/mol. The minimum Gasteiger partial charge on any atom is -0.464 e. The monoisotopic (exact) mass is 287 g/mol. The van der Waals surface area contributed by atoms with Gasteiger partial charge in [0.2, 0.25) is 0 Å². The van der Waals surface area contributed by atoms with E-state index in [0.717, 1.165) is 12.8 Å². The van der Waals surface area contributed by atoms with Crippen molar-refractivity contribution in [3.63, 3.8) is 0 Å². The van der Waals surface area contributed by atoms with Crippen LogP contribution < -0.4 is 5.32 Å². The molecular formula is C14H25NO5. The van der Waals surface area contributed by atoms with Crippen LogP contribution in [0, 0.1) is 0 Å². The Morgan fingerprint density at radius 1 is 1.30 bits per heavy atom. The zero-order valence-electron chi connectivity index (χ0n) is 12.7. The van der Waals surface area contributed by atoms with E-state index in [0.29, 0.717) is 12.9 Å². The number of nitrogens with one attached hydrogen (secondary N) is 1. The van der Waals surface area contributed by atoms with E-state index in [2.05, 4.69) is 5.32 Å². The number of hydrogen-bond donors (Lipinski definition) is 1. The second-order valence-corrected chi connectivity index (χ2v) is 5.46. The van der Waals surface area contributed by atoms with E-state index in [9.17, 15) is 14.4 Å². The quantitative estimate of drug-likeness (QED) is 0.420. The fourth-order valence-corrected chi connectivity index (χ4v) is 1.35. The van der Waals surface area contributed by atoms with Gasteiger partial charge >= 0.3 is 12.1 Å². The Hall–Kier alpha value is -1.59. The van der Waals surface area contributed by atoms with Crippen LogP contribution >= 0.6 is 0 Å². The highest BCUT2D eigenvalue weighted by molar-refractivity contribution is 5.81. The summed E-state index contributed by atoms with van der Waals surface area (Å²) < 4.78 is 10.1. The topological polar surface area (TPSA) is 81.7 Å². The van der Waals surface area contributed by atoms with Gasteiger partial charge in [-0.25, -0.2) is 9.59 Å². The molecule has 0 aliphatic heterocycles. The van der Waals surface area contributed by atoms with Crippen molar-refractivity contribution in [3.8, 4) is 0 Å². The van der Waals surface area contributed by atoms with Gasteiger partial charge in [0.15, 0.2) is 0 Å². The number of alkyl carbamates (subject to hydrolysis) is 1. The molecule has 116 valence electrons. The van der Waals surface area contributed by atoms with Crippen molar-refractivity contribution < 1.29 is 23.9 Å². The normalized spacial score (nSPS) is 12.4. The Labute approximate surface area is 120 Å². The first-order valence-electron chi connectivity index (χ1n) is 6.90. The standard InChI is InChI=1S/C14H25NO5/c1-5-6-10-19-12(17)11(8-7-9-16)15-13(18)20-14(2,3)4/h9,11H,5-8,10H2,1-4H3,(H,15,18)/t11-/m0/s1. The lowest BCUT2D eigenvalue weighted by atomic mass is 10.1. The van der Waals surface area contributed by atoms with E-state index in [-0.39, 0.29) is 12.8 Å². The van der Waals surface area contributed by atoms with E-state index >= 15 is 0 Å². The third-order valence-corrected chi connectivity index (χ3v) is 2.29. The molecule has 0 fully saturated rings. The maximum atomic E-state index is 11.8. The molecule has 0 spiro atoms. The predicted molar refractivity (Wildman–Crippen MR) is 74.3 cm³/mol. The molecule has 0 aliphatic carbocycles. The fourth-order valence-electron chi connectivity index (χ4n) is 1.35. The molecule has 1 amide bonds. The van der Waals surface area contributed by atoms with Crippen molar-refractivity contribution >= 4 is 18.3 Å². The minimum absolute atomic E-state index is 0.170. The zero-order valence-corrected chi connectivity index (χ0v) is 12.7. The maximum absolute atomic E-state index is 11.8. The molecule has 0 saturated heterocycles. The van der Waals surface area contributed by atoms with Gasteiger partial charge in [0.05, 0.1) is 6.61 Å². The summed E-state index contributed by atoms with van der Waals surface area (Å²) in [5, 5.41) is 2.44. The number of amides is 1. The van der Waals surface area contributed by atoms with Crippen molar-refractivity contribution in [2.45, 2.75) is 65.0 Å². The molecule has 20 heavy (non-hydrogen) atoms. The third kappa shape index (κ3) is 9.35. The van der Waals surface area contributed by atoms with Gasteiger partial charge in [0.25, 0.3) is 0 Å². The van der Waals surface area contributed by atoms with Crippen LogP contribution in [0.25, 0.3) is 0 Å². The highest BCUT2D eigenvalue weighted by Gasteiger charge is 2.25. The second kappa shape index (κ2) is 9.34. The van der Waals surface area contributed by atoms with Gasteiger partial charge in [0.1, 0.15) is 17.9 Å². The first-order chi connectivity index (χ1) is 9.30. The van der Waals surface area contributed by atoms with Crippen LogP contribution in [0.2, 0.25) is 0 Å². The highest BCUT2D eigenvalue weighted by atomic mass is 16.6. The number of carbonyl (C=O) groups excluding carboxylic acids is 3. The van der Waals surface area contributed by atoms with Gasteiger partial charge in [-0.1, -0.05) is 13.3 Å². The molecule has 0 aromatic carbocycles. The van der Waals surface area contributed by atoms with Crippen LogP contribution in [-0.2, 0) is 19.1 Å². The molecule has 0 saturated carbocycles. The molecule has 6 nitrogen and oxygen atoms in total. The summed E-state index contributed by atoms with van der Waals surface area (Å²) in [5.41, 5.74) is -0.647. The smallest absolute Gasteiger partial charge is 0.408 e. The van der Waals surface area contributed by atoms with Crippen molar-refractivity contribution in [1.29, 1.82) is 0 Å². The number of esters is 1. The van der Waals surface area contributed by atoms with Crippen LogP contribution in [-0.4, -0.2) is 36.6 Å². The lowest BCUT2D eigenvalue weighted by Gasteiger charge is -2.22. The Morgan fingerprint density at radius 3 is 2.45 bits per heavy atom. The second-order valence-electron chi connectivity index (χ2n) is 5.46. The van der Waals surface area contributed by atoms with Crippen molar-refractivity contribution in [2.75, 3.05) is 6.61 Å². The van der Waals surface area contributed by atoms with Crippen molar-refractivity contribution in [3.05, 3.63) is 0 Å². The Morgan fingerprint density at radius 2 is 1.95 bits per heavy atom. The zero-order chi connectivity index (χ0) is 15.6. The number of carbonyl (C=O) groups is 3. The third-order valence-electron chi connectivity index (χ3n) is 2.29. The Kier molecular flexibility index (Phi) is 8.59. The van der Waals surface area contributed by atoms with Crippen LogP contribution in [0.15, 0.2) is 0 Å². The number of unbranched alkanes of at least 4 members (excludes halogenated alkanes) is 1. The van der Waals surface area contributed by atoms with Gasteiger partial charge < -0.3 is 19.6 Å². The number of rotatable bonds is 8. The maximum Gasteiger partial charge on any atom is 0.408 e. The van der Waals surface area contributed by atoms with E-state index in [1.165, 1.54) is 0 Å². The van der Waals surface area contributed by atoms with Gasteiger partial charge in [-0.3, -0.25) is 0 Å². The van der Waals surface area contributed by atoms with E-state index in [4.69, 9.17) is 9.47 Å². The molecule has 1 N–H and O–H groups in total. The molecule has 0 radical (unpaired) electrons. The Bertz CT molecular complexity index is 322. The Balaban J connectivity index is 4.42. The molecule has 0 aromatic heterocycles. The summed E-state index contributed by atoms with van der Waals surface area (Å²) in [6.45, 7) is 7.48. The van der Waals surface area contributed by atoms with E-state index in [1.54, 1.807) is 20.8 Å². The number of aldehydes is 1. The number of ether oxygens (including phenoxy) is 2. The highest BCUT2D eigenvalue weighted by Crippen LogP contribution is 2.08.